The van der Waals surface area contributed by atoms with Crippen LogP contribution in [0.2, 0.25) is 0 Å². The number of ether oxygens (including phenoxy) is 1. The highest BCUT2D eigenvalue weighted by Crippen LogP contribution is 2.15. The Hall–Kier alpha value is -1.57. The van der Waals surface area contributed by atoms with E-state index in [9.17, 15) is 4.79 Å². The third-order valence-electron chi connectivity index (χ3n) is 2.42. The van der Waals surface area contributed by atoms with Crippen molar-refractivity contribution in [2.75, 3.05) is 7.11 Å². The molecule has 0 heterocycles. The lowest BCUT2D eigenvalue weighted by Crippen LogP contribution is -1.83. The van der Waals surface area contributed by atoms with Crippen LogP contribution in [0.25, 0.3) is 6.08 Å². The lowest BCUT2D eigenvalue weighted by molar-refractivity contribution is -0.107. The first-order valence-electron chi connectivity index (χ1n) is 5.51. The predicted octanol–water partition coefficient (Wildman–Crippen LogP) is 3.47. The molecule has 0 spiro atoms. The topological polar surface area (TPSA) is 26.3 Å². The van der Waals surface area contributed by atoms with Crippen LogP contribution < -0.4 is 4.74 Å². The number of hydrogen-bond acceptors (Lipinski definition) is 2. The summed E-state index contributed by atoms with van der Waals surface area (Å²) in [7, 11) is 1.66. The average Bonchev–Trinajstić information content (AvgIpc) is 2.30. The molecule has 2 heteroatoms. The first-order chi connectivity index (χ1) is 7.76. The smallest absolute Gasteiger partial charge is 0.120 e. The second-order valence-electron chi connectivity index (χ2n) is 3.82. The molecular formula is C14H18O2. The van der Waals surface area contributed by atoms with Gasteiger partial charge in [0.05, 0.1) is 7.11 Å². The van der Waals surface area contributed by atoms with Crippen molar-refractivity contribution in [2.45, 2.75) is 26.2 Å². The van der Waals surface area contributed by atoms with Gasteiger partial charge in [0.25, 0.3) is 0 Å². The summed E-state index contributed by atoms with van der Waals surface area (Å²) in [6.45, 7) is 2.09. The van der Waals surface area contributed by atoms with E-state index < -0.39 is 0 Å². The fourth-order valence-electron chi connectivity index (χ4n) is 1.52. The van der Waals surface area contributed by atoms with E-state index in [4.69, 9.17) is 4.74 Å². The maximum atomic E-state index is 10.2. The van der Waals surface area contributed by atoms with E-state index in [1.165, 1.54) is 11.1 Å². The van der Waals surface area contributed by atoms with Gasteiger partial charge in [0.15, 0.2) is 0 Å². The van der Waals surface area contributed by atoms with Crippen LogP contribution in [0.1, 0.15) is 31.7 Å². The minimum atomic E-state index is 0.647. The molecule has 0 aliphatic carbocycles. The number of rotatable bonds is 6. The Balaban J connectivity index is 2.55. The summed E-state index contributed by atoms with van der Waals surface area (Å²) < 4.78 is 5.09. The highest BCUT2D eigenvalue weighted by Gasteiger charge is 1.94. The van der Waals surface area contributed by atoms with Gasteiger partial charge in [-0.25, -0.2) is 0 Å². The summed E-state index contributed by atoms with van der Waals surface area (Å²) in [6, 6.07) is 7.96. The van der Waals surface area contributed by atoms with E-state index in [1.54, 1.807) is 7.11 Å². The van der Waals surface area contributed by atoms with Gasteiger partial charge in [0, 0.05) is 6.42 Å². The molecule has 1 aromatic rings. The van der Waals surface area contributed by atoms with Crippen LogP contribution in [-0.4, -0.2) is 13.4 Å². The number of allylic oxidation sites excluding steroid dienone is 1. The number of carbonyl (C=O) groups excluding carboxylic acids is 1. The molecule has 86 valence electrons. The van der Waals surface area contributed by atoms with Gasteiger partial charge in [0.1, 0.15) is 12.0 Å². The van der Waals surface area contributed by atoms with Crippen LogP contribution in [0, 0.1) is 0 Å². The number of aldehydes is 1. The van der Waals surface area contributed by atoms with Crippen LogP contribution in [0.5, 0.6) is 5.75 Å². The van der Waals surface area contributed by atoms with E-state index in [-0.39, 0.29) is 0 Å². The lowest BCUT2D eigenvalue weighted by atomic mass is 10.1. The Morgan fingerprint density at radius 2 is 2.00 bits per heavy atom. The summed E-state index contributed by atoms with van der Waals surface area (Å²) in [5, 5.41) is 0. The summed E-state index contributed by atoms with van der Waals surface area (Å²) >= 11 is 0. The Kier molecular flexibility index (Phi) is 5.34. The molecule has 0 atom stereocenters. The molecule has 0 aromatic heterocycles. The van der Waals surface area contributed by atoms with Gasteiger partial charge < -0.3 is 9.53 Å². The van der Waals surface area contributed by atoms with Crippen molar-refractivity contribution < 1.29 is 9.53 Å². The highest BCUT2D eigenvalue weighted by molar-refractivity contribution is 5.54. The molecule has 0 radical (unpaired) electrons. The second kappa shape index (κ2) is 6.83. The van der Waals surface area contributed by atoms with Gasteiger partial charge in [0.2, 0.25) is 0 Å². The summed E-state index contributed by atoms with van der Waals surface area (Å²) in [5.74, 6) is 0.871. The van der Waals surface area contributed by atoms with E-state index in [1.807, 2.05) is 24.3 Å². The molecule has 0 bridgehead atoms. The summed E-state index contributed by atoms with van der Waals surface area (Å²) in [6.07, 6.45) is 5.67. The molecule has 0 aliphatic rings. The van der Waals surface area contributed by atoms with Crippen molar-refractivity contribution in [3.8, 4) is 5.75 Å². The number of unbranched alkanes of at least 4 members (excludes halogenated alkanes) is 1. The Bertz CT molecular complexity index is 350. The molecule has 0 N–H and O–H groups in total. The summed E-state index contributed by atoms with van der Waals surface area (Å²) in [5.41, 5.74) is 2.47. The fourth-order valence-corrected chi connectivity index (χ4v) is 1.52. The van der Waals surface area contributed by atoms with Crippen molar-refractivity contribution >= 4 is 12.4 Å². The Morgan fingerprint density at radius 3 is 2.56 bits per heavy atom. The Morgan fingerprint density at radius 1 is 1.31 bits per heavy atom. The van der Waals surface area contributed by atoms with Crippen LogP contribution in [0.15, 0.2) is 29.8 Å². The number of hydrogen-bond donors (Lipinski definition) is 0. The molecular weight excluding hydrogens is 200 g/mol. The molecule has 1 rings (SSSR count). The normalized spacial score (nSPS) is 11.2. The van der Waals surface area contributed by atoms with Crippen molar-refractivity contribution in [3.63, 3.8) is 0 Å². The molecule has 2 nitrogen and oxygen atoms in total. The van der Waals surface area contributed by atoms with Crippen molar-refractivity contribution in [1.82, 2.24) is 0 Å². The molecule has 0 saturated heterocycles. The second-order valence-corrected chi connectivity index (χ2v) is 3.82. The zero-order valence-electron chi connectivity index (χ0n) is 9.90. The number of methoxy groups -OCH3 is 1. The van der Waals surface area contributed by atoms with Gasteiger partial charge in [-0.15, -0.1) is 0 Å². The average molecular weight is 218 g/mol. The van der Waals surface area contributed by atoms with Crippen molar-refractivity contribution in [3.05, 3.63) is 35.4 Å². The van der Waals surface area contributed by atoms with Gasteiger partial charge in [-0.2, -0.15) is 0 Å². The lowest BCUT2D eigenvalue weighted by Gasteiger charge is -2.02. The van der Waals surface area contributed by atoms with Gasteiger partial charge >= 0.3 is 0 Å². The zero-order chi connectivity index (χ0) is 11.8. The van der Waals surface area contributed by atoms with Crippen LogP contribution in [-0.2, 0) is 4.79 Å². The standard InChI is InChI=1S/C14H18O2/c1-12(5-3-4-10-15)11-13-6-8-14(16-2)9-7-13/h6-11H,3-5H2,1-2H3/b12-11-. The van der Waals surface area contributed by atoms with Crippen LogP contribution >= 0.6 is 0 Å². The number of benzene rings is 1. The third-order valence-corrected chi connectivity index (χ3v) is 2.42. The maximum Gasteiger partial charge on any atom is 0.120 e. The van der Waals surface area contributed by atoms with Crippen molar-refractivity contribution in [2.24, 2.45) is 0 Å². The first-order valence-corrected chi connectivity index (χ1v) is 5.51. The van der Waals surface area contributed by atoms with Gasteiger partial charge in [-0.05, 0) is 37.5 Å². The van der Waals surface area contributed by atoms with E-state index in [0.717, 1.165) is 24.9 Å². The zero-order valence-corrected chi connectivity index (χ0v) is 9.90. The van der Waals surface area contributed by atoms with E-state index in [2.05, 4.69) is 13.0 Å². The minimum Gasteiger partial charge on any atom is -0.497 e. The molecule has 16 heavy (non-hydrogen) atoms. The van der Waals surface area contributed by atoms with Crippen LogP contribution in [0.4, 0.5) is 0 Å². The van der Waals surface area contributed by atoms with E-state index in [0.29, 0.717) is 6.42 Å². The molecule has 0 aliphatic heterocycles. The molecule has 0 amide bonds. The Labute approximate surface area is 96.9 Å². The molecule has 0 unspecified atom stereocenters. The molecule has 0 fully saturated rings. The molecule has 1 aromatic carbocycles. The minimum absolute atomic E-state index is 0.647. The maximum absolute atomic E-state index is 10.2. The van der Waals surface area contributed by atoms with Crippen molar-refractivity contribution in [1.29, 1.82) is 0 Å². The fraction of sp³-hybridized carbons (Fsp3) is 0.357. The quantitative estimate of drug-likeness (QED) is 0.540. The van der Waals surface area contributed by atoms with Crippen LogP contribution in [0.3, 0.4) is 0 Å². The monoisotopic (exact) mass is 218 g/mol. The number of carbonyl (C=O) groups is 1. The third kappa shape index (κ3) is 4.30. The largest absolute Gasteiger partial charge is 0.497 e. The van der Waals surface area contributed by atoms with Gasteiger partial charge in [-0.3, -0.25) is 0 Å². The molecule has 0 saturated carbocycles. The first kappa shape index (κ1) is 12.5. The highest BCUT2D eigenvalue weighted by atomic mass is 16.5. The SMILES string of the molecule is COc1ccc(/C=C(/C)CCCC=O)cc1. The van der Waals surface area contributed by atoms with E-state index >= 15 is 0 Å². The van der Waals surface area contributed by atoms with Gasteiger partial charge in [-0.1, -0.05) is 23.8 Å². The predicted molar refractivity (Wildman–Crippen MR) is 66.6 cm³/mol. The summed E-state index contributed by atoms with van der Waals surface area (Å²) in [4.78, 5) is 10.2.